The molecule has 0 saturated heterocycles. The second kappa shape index (κ2) is 7.53. The van der Waals surface area contributed by atoms with Crippen LogP contribution < -0.4 is 9.46 Å². The van der Waals surface area contributed by atoms with E-state index in [0.29, 0.717) is 23.2 Å². The fourth-order valence-electron chi connectivity index (χ4n) is 1.46. The Kier molecular flexibility index (Phi) is 6.35. The number of methoxy groups -OCH3 is 1. The van der Waals surface area contributed by atoms with Crippen LogP contribution in [0, 0.1) is 12.3 Å². The molecule has 1 rings (SSSR count). The molecule has 0 heterocycles. The van der Waals surface area contributed by atoms with Crippen LogP contribution in [-0.2, 0) is 10.0 Å². The molecule has 0 fully saturated rings. The Balaban J connectivity index is 2.67. The van der Waals surface area contributed by atoms with E-state index in [9.17, 15) is 8.42 Å². The Morgan fingerprint density at radius 1 is 1.42 bits per heavy atom. The van der Waals surface area contributed by atoms with Gasteiger partial charge in [0.05, 0.1) is 16.5 Å². The molecule has 0 aliphatic rings. The van der Waals surface area contributed by atoms with Crippen LogP contribution >= 0.6 is 15.9 Å². The number of unbranched alkanes of at least 4 members (excludes halogenated alkanes) is 2. The van der Waals surface area contributed by atoms with E-state index in [1.54, 1.807) is 6.07 Å². The molecule has 1 N–H and O–H groups in total. The van der Waals surface area contributed by atoms with Crippen LogP contribution in [0.3, 0.4) is 0 Å². The largest absolute Gasteiger partial charge is 0.496 e. The van der Waals surface area contributed by atoms with Gasteiger partial charge in [-0.2, -0.15) is 0 Å². The SMILES string of the molecule is C#CCCCCNS(=O)(=O)c1ccc(OC)c(Br)c1. The summed E-state index contributed by atoms with van der Waals surface area (Å²) in [6.07, 6.45) is 7.32. The van der Waals surface area contributed by atoms with Crippen molar-refractivity contribution in [2.75, 3.05) is 13.7 Å². The van der Waals surface area contributed by atoms with Crippen molar-refractivity contribution in [3.05, 3.63) is 22.7 Å². The molecule has 1 aromatic rings. The molecule has 19 heavy (non-hydrogen) atoms. The molecule has 0 unspecified atom stereocenters. The predicted molar refractivity (Wildman–Crippen MR) is 78.6 cm³/mol. The molecule has 1 aromatic carbocycles. The molecule has 0 aromatic heterocycles. The summed E-state index contributed by atoms with van der Waals surface area (Å²) < 4.78 is 32.2. The van der Waals surface area contributed by atoms with Crippen molar-refractivity contribution in [1.29, 1.82) is 0 Å². The second-order valence-electron chi connectivity index (χ2n) is 3.86. The summed E-state index contributed by atoms with van der Waals surface area (Å²) in [6.45, 7) is 0.383. The molecule has 104 valence electrons. The summed E-state index contributed by atoms with van der Waals surface area (Å²) in [5.41, 5.74) is 0. The van der Waals surface area contributed by atoms with Crippen LogP contribution in [0.1, 0.15) is 19.3 Å². The minimum absolute atomic E-state index is 0.206. The zero-order valence-electron chi connectivity index (χ0n) is 10.6. The normalized spacial score (nSPS) is 11.0. The van der Waals surface area contributed by atoms with Gasteiger partial charge in [-0.3, -0.25) is 0 Å². The molecular weight excluding hydrogens is 330 g/mol. The van der Waals surface area contributed by atoms with E-state index in [4.69, 9.17) is 11.2 Å². The predicted octanol–water partition coefficient (Wildman–Crippen LogP) is 2.54. The van der Waals surface area contributed by atoms with Gasteiger partial charge in [0, 0.05) is 13.0 Å². The van der Waals surface area contributed by atoms with Gasteiger partial charge in [-0.25, -0.2) is 13.1 Å². The summed E-state index contributed by atoms with van der Waals surface area (Å²) in [7, 11) is -1.96. The highest BCUT2D eigenvalue weighted by molar-refractivity contribution is 9.10. The lowest BCUT2D eigenvalue weighted by Crippen LogP contribution is -2.24. The number of terminal acetylenes is 1. The molecule has 4 nitrogen and oxygen atoms in total. The van der Waals surface area contributed by atoms with Crippen LogP contribution in [0.5, 0.6) is 5.75 Å². The van der Waals surface area contributed by atoms with E-state index < -0.39 is 10.0 Å². The van der Waals surface area contributed by atoms with Crippen molar-refractivity contribution < 1.29 is 13.2 Å². The summed E-state index contributed by atoms with van der Waals surface area (Å²) >= 11 is 3.26. The minimum atomic E-state index is -3.48. The number of nitrogens with one attached hydrogen (secondary N) is 1. The van der Waals surface area contributed by atoms with Crippen LogP contribution in [0.2, 0.25) is 0 Å². The van der Waals surface area contributed by atoms with Gasteiger partial charge in [0.15, 0.2) is 0 Å². The van der Waals surface area contributed by atoms with Crippen molar-refractivity contribution in [2.45, 2.75) is 24.2 Å². The van der Waals surface area contributed by atoms with Crippen LogP contribution in [0.15, 0.2) is 27.6 Å². The lowest BCUT2D eigenvalue weighted by atomic mass is 10.2. The highest BCUT2D eigenvalue weighted by atomic mass is 79.9. The van der Waals surface area contributed by atoms with Crippen molar-refractivity contribution in [3.63, 3.8) is 0 Å². The standard InChI is InChI=1S/C13H16BrNO3S/c1-3-4-5-6-9-15-19(16,17)11-7-8-13(18-2)12(14)10-11/h1,7-8,10,15H,4-6,9H2,2H3. The first-order valence-corrected chi connectivity index (χ1v) is 8.05. The summed E-state index contributed by atoms with van der Waals surface area (Å²) in [5, 5.41) is 0. The maximum atomic E-state index is 12.0. The van der Waals surface area contributed by atoms with Crippen molar-refractivity contribution in [3.8, 4) is 18.1 Å². The second-order valence-corrected chi connectivity index (χ2v) is 6.48. The first-order chi connectivity index (χ1) is 9.01. The van der Waals surface area contributed by atoms with E-state index in [1.165, 1.54) is 19.2 Å². The molecule has 0 aliphatic heterocycles. The van der Waals surface area contributed by atoms with Gasteiger partial charge in [0.25, 0.3) is 0 Å². The van der Waals surface area contributed by atoms with E-state index in [-0.39, 0.29) is 4.90 Å². The summed E-state index contributed by atoms with van der Waals surface area (Å²) in [4.78, 5) is 0.206. The first-order valence-electron chi connectivity index (χ1n) is 5.78. The van der Waals surface area contributed by atoms with Gasteiger partial charge < -0.3 is 4.74 Å². The fraction of sp³-hybridized carbons (Fsp3) is 0.385. The number of hydrogen-bond donors (Lipinski definition) is 1. The molecule has 0 atom stereocenters. The van der Waals surface area contributed by atoms with Crippen molar-refractivity contribution in [1.82, 2.24) is 4.72 Å². The van der Waals surface area contributed by atoms with Gasteiger partial charge in [0.1, 0.15) is 5.75 Å². The monoisotopic (exact) mass is 345 g/mol. The van der Waals surface area contributed by atoms with Crippen LogP contribution in [-0.4, -0.2) is 22.1 Å². The maximum Gasteiger partial charge on any atom is 0.240 e. The highest BCUT2D eigenvalue weighted by Gasteiger charge is 2.14. The van der Waals surface area contributed by atoms with Gasteiger partial charge >= 0.3 is 0 Å². The van der Waals surface area contributed by atoms with Gasteiger partial charge in [-0.05, 0) is 47.0 Å². The third-order valence-corrected chi connectivity index (χ3v) is 4.55. The Hall–Kier alpha value is -1.03. The number of rotatable bonds is 7. The molecule has 0 bridgehead atoms. The Labute approximate surface area is 122 Å². The van der Waals surface area contributed by atoms with Crippen LogP contribution in [0.25, 0.3) is 0 Å². The molecule has 0 saturated carbocycles. The molecule has 6 heteroatoms. The average Bonchev–Trinajstić information content (AvgIpc) is 2.38. The quantitative estimate of drug-likeness (QED) is 0.610. The number of ether oxygens (including phenoxy) is 1. The Morgan fingerprint density at radius 3 is 2.74 bits per heavy atom. The fourth-order valence-corrected chi connectivity index (χ4v) is 3.25. The topological polar surface area (TPSA) is 55.4 Å². The maximum absolute atomic E-state index is 12.0. The third-order valence-electron chi connectivity index (χ3n) is 2.47. The lowest BCUT2D eigenvalue weighted by molar-refractivity contribution is 0.411. The Morgan fingerprint density at radius 2 is 2.16 bits per heavy atom. The molecule has 0 aliphatic carbocycles. The van der Waals surface area contributed by atoms with Gasteiger partial charge in [-0.15, -0.1) is 12.3 Å². The minimum Gasteiger partial charge on any atom is -0.496 e. The van der Waals surface area contributed by atoms with Crippen molar-refractivity contribution in [2.24, 2.45) is 0 Å². The van der Waals surface area contributed by atoms with E-state index in [2.05, 4.69) is 26.6 Å². The smallest absolute Gasteiger partial charge is 0.240 e. The van der Waals surface area contributed by atoms with Crippen LogP contribution in [0.4, 0.5) is 0 Å². The third kappa shape index (κ3) is 4.86. The van der Waals surface area contributed by atoms with Crippen molar-refractivity contribution >= 4 is 26.0 Å². The molecule has 0 radical (unpaired) electrons. The van der Waals surface area contributed by atoms with E-state index in [1.807, 2.05) is 0 Å². The highest BCUT2D eigenvalue weighted by Crippen LogP contribution is 2.27. The summed E-state index contributed by atoms with van der Waals surface area (Å²) in [6, 6.07) is 4.63. The summed E-state index contributed by atoms with van der Waals surface area (Å²) in [5.74, 6) is 3.11. The van der Waals surface area contributed by atoms with Gasteiger partial charge in [0.2, 0.25) is 10.0 Å². The number of sulfonamides is 1. The lowest BCUT2D eigenvalue weighted by Gasteiger charge is -2.08. The average molecular weight is 346 g/mol. The zero-order chi connectivity index (χ0) is 14.3. The molecule has 0 amide bonds. The van der Waals surface area contributed by atoms with E-state index in [0.717, 1.165) is 12.8 Å². The van der Waals surface area contributed by atoms with Gasteiger partial charge in [-0.1, -0.05) is 0 Å². The number of halogens is 1. The first kappa shape index (κ1) is 16.0. The number of hydrogen-bond acceptors (Lipinski definition) is 3. The zero-order valence-corrected chi connectivity index (χ0v) is 13.1. The van der Waals surface area contributed by atoms with E-state index >= 15 is 0 Å². The molecule has 0 spiro atoms. The Bertz CT molecular complexity index is 564. The molecular formula is C13H16BrNO3S. The number of benzene rings is 1.